The number of ether oxygens (including phenoxy) is 2. The summed E-state index contributed by atoms with van der Waals surface area (Å²) in [5.41, 5.74) is -0.682. The number of aliphatic hydroxyl groups excluding tert-OH is 1. The van der Waals surface area contributed by atoms with Gasteiger partial charge in [0.25, 0.3) is 5.91 Å². The van der Waals surface area contributed by atoms with Crippen LogP contribution in [0.15, 0.2) is 30.3 Å². The van der Waals surface area contributed by atoms with Crippen LogP contribution >= 0.6 is 0 Å². The summed E-state index contributed by atoms with van der Waals surface area (Å²) in [5, 5.41) is 20.1. The van der Waals surface area contributed by atoms with Crippen molar-refractivity contribution >= 4 is 35.5 Å². The predicted molar refractivity (Wildman–Crippen MR) is 191 cm³/mol. The van der Waals surface area contributed by atoms with Gasteiger partial charge in [-0.2, -0.15) is 0 Å². The summed E-state index contributed by atoms with van der Waals surface area (Å²) in [7, 11) is 0. The summed E-state index contributed by atoms with van der Waals surface area (Å²) >= 11 is 0. The van der Waals surface area contributed by atoms with Crippen molar-refractivity contribution in [2.45, 2.75) is 124 Å². The predicted octanol–water partition coefficient (Wildman–Crippen LogP) is 2.78. The first-order valence-electron chi connectivity index (χ1n) is 17.8. The number of carbonyl (C=O) groups is 6. The lowest BCUT2D eigenvalue weighted by molar-refractivity contribution is -0.144. The van der Waals surface area contributed by atoms with Crippen LogP contribution in [0.4, 0.5) is 4.79 Å². The molecule has 5 unspecified atom stereocenters. The number of unbranched alkanes of at least 4 members (excludes halogenated alkanes) is 1. The summed E-state index contributed by atoms with van der Waals surface area (Å²) < 4.78 is 11.5. The Kier molecular flexibility index (Phi) is 16.5. The number of alkyl carbamates (subject to hydrolysis) is 1. The first-order chi connectivity index (χ1) is 23.8. The minimum Gasteiger partial charge on any atom is -0.449 e. The van der Waals surface area contributed by atoms with Crippen LogP contribution in [-0.4, -0.2) is 102 Å². The Morgan fingerprint density at radius 1 is 0.961 bits per heavy atom. The van der Waals surface area contributed by atoms with E-state index in [1.807, 2.05) is 41.5 Å². The fraction of sp³-hybridized carbons (Fsp3) is 0.676. The zero-order valence-electron chi connectivity index (χ0n) is 31.7. The molecule has 51 heavy (non-hydrogen) atoms. The van der Waals surface area contributed by atoms with Gasteiger partial charge in [0.05, 0.1) is 43.5 Å². The van der Waals surface area contributed by atoms with Gasteiger partial charge in [0.2, 0.25) is 23.5 Å². The molecule has 1 aromatic rings. The normalized spacial score (nSPS) is 18.0. The van der Waals surface area contributed by atoms with E-state index in [4.69, 9.17) is 9.47 Å². The molecule has 0 aliphatic carbocycles. The summed E-state index contributed by atoms with van der Waals surface area (Å²) in [6.07, 6.45) is 0.181. The van der Waals surface area contributed by atoms with Crippen molar-refractivity contribution in [3.8, 4) is 0 Å². The molecule has 1 aliphatic rings. The van der Waals surface area contributed by atoms with E-state index in [2.05, 4.69) is 21.3 Å². The molecule has 1 aliphatic heterocycles. The van der Waals surface area contributed by atoms with Crippen LogP contribution in [0.2, 0.25) is 0 Å². The summed E-state index contributed by atoms with van der Waals surface area (Å²) in [6.45, 7) is 16.0. The SMILES string of the molecule is CCCCC(NC(=O)C1CC(OC(C)(C)C)CN1C(=O)C(NC(=O)OCC(C)C)C(C)(C)C)C(=O)C(=O)NCC(=O)NC(CO)c1ccccc1. The van der Waals surface area contributed by atoms with Crippen LogP contribution in [-0.2, 0) is 33.4 Å². The maximum absolute atomic E-state index is 14.2. The molecular weight excluding hydrogens is 658 g/mol. The van der Waals surface area contributed by atoms with Crippen molar-refractivity contribution in [3.63, 3.8) is 0 Å². The van der Waals surface area contributed by atoms with Crippen LogP contribution in [0.5, 0.6) is 0 Å². The second-order valence-corrected chi connectivity index (χ2v) is 15.5. The van der Waals surface area contributed by atoms with Crippen molar-refractivity contribution in [2.24, 2.45) is 11.3 Å². The standard InChI is InChI=1S/C37H59N5O9/c1-10-11-17-26(30(45)33(47)38-19-29(44)39-27(21-43)24-15-13-12-14-16-24)40-32(46)28-18-25(51-37(7,8)9)20-42(28)34(48)31(36(4,5)6)41-35(49)50-22-23(2)3/h12-16,23,25-28,31,43H,10-11,17-22H2,1-9H3,(H,38,47)(H,39,44)(H,40,46)(H,41,49). The number of likely N-dealkylation sites (tertiary alicyclic amines) is 1. The molecule has 2 rings (SSSR count). The number of nitrogens with zero attached hydrogens (tertiary/aromatic N) is 1. The fourth-order valence-electron chi connectivity index (χ4n) is 5.61. The number of Topliss-reactive ketones (excluding diaryl/α,β-unsaturated/α-hetero) is 1. The molecular formula is C37H59N5O9. The number of ketones is 1. The number of rotatable bonds is 17. The number of hydrogen-bond donors (Lipinski definition) is 5. The van der Waals surface area contributed by atoms with E-state index in [9.17, 15) is 33.9 Å². The van der Waals surface area contributed by atoms with Gasteiger partial charge >= 0.3 is 6.09 Å². The van der Waals surface area contributed by atoms with Crippen molar-refractivity contribution in [1.29, 1.82) is 0 Å². The van der Waals surface area contributed by atoms with Gasteiger partial charge in [0.15, 0.2) is 0 Å². The number of aliphatic hydroxyl groups is 1. The average Bonchev–Trinajstić information content (AvgIpc) is 3.47. The van der Waals surface area contributed by atoms with Gasteiger partial charge in [-0.15, -0.1) is 0 Å². The van der Waals surface area contributed by atoms with Crippen molar-refractivity contribution in [3.05, 3.63) is 35.9 Å². The van der Waals surface area contributed by atoms with Gasteiger partial charge in [-0.05, 0) is 44.1 Å². The Labute approximate surface area is 302 Å². The van der Waals surface area contributed by atoms with E-state index in [1.165, 1.54) is 4.90 Å². The zero-order valence-corrected chi connectivity index (χ0v) is 31.7. The largest absolute Gasteiger partial charge is 0.449 e. The molecule has 1 aromatic carbocycles. The second-order valence-electron chi connectivity index (χ2n) is 15.5. The number of carbonyl (C=O) groups excluding carboxylic acids is 6. The van der Waals surface area contributed by atoms with E-state index in [1.54, 1.807) is 51.1 Å². The molecule has 286 valence electrons. The van der Waals surface area contributed by atoms with Crippen molar-refractivity contribution in [2.75, 3.05) is 26.3 Å². The summed E-state index contributed by atoms with van der Waals surface area (Å²) in [6, 6.07) is 4.75. The minimum absolute atomic E-state index is 0.0600. The van der Waals surface area contributed by atoms with Gasteiger partial charge in [-0.25, -0.2) is 4.79 Å². The number of nitrogens with one attached hydrogen (secondary N) is 4. The highest BCUT2D eigenvalue weighted by Gasteiger charge is 2.47. The van der Waals surface area contributed by atoms with E-state index < -0.39 is 83.3 Å². The molecule has 14 nitrogen and oxygen atoms in total. The lowest BCUT2D eigenvalue weighted by Crippen LogP contribution is -2.59. The molecule has 5 N–H and O–H groups in total. The molecule has 0 aromatic heterocycles. The van der Waals surface area contributed by atoms with Gasteiger partial charge in [0, 0.05) is 13.0 Å². The van der Waals surface area contributed by atoms with Gasteiger partial charge in [-0.3, -0.25) is 24.0 Å². The molecule has 0 bridgehead atoms. The lowest BCUT2D eigenvalue weighted by Gasteiger charge is -2.35. The lowest BCUT2D eigenvalue weighted by atomic mass is 9.85. The third kappa shape index (κ3) is 14.2. The Balaban J connectivity index is 2.24. The van der Waals surface area contributed by atoms with Crippen molar-refractivity contribution in [1.82, 2.24) is 26.2 Å². The minimum atomic E-state index is -1.22. The molecule has 1 fully saturated rings. The molecule has 5 atom stereocenters. The molecule has 0 spiro atoms. The van der Waals surface area contributed by atoms with Crippen LogP contribution in [0, 0.1) is 11.3 Å². The molecule has 1 heterocycles. The highest BCUT2D eigenvalue weighted by Crippen LogP contribution is 2.29. The average molecular weight is 718 g/mol. The third-order valence-corrected chi connectivity index (χ3v) is 8.12. The number of hydrogen-bond acceptors (Lipinski definition) is 9. The fourth-order valence-corrected chi connectivity index (χ4v) is 5.61. The first-order valence-corrected chi connectivity index (χ1v) is 17.8. The third-order valence-electron chi connectivity index (χ3n) is 8.12. The Bertz CT molecular complexity index is 1340. The van der Waals surface area contributed by atoms with Gasteiger partial charge in [-0.1, -0.05) is 84.7 Å². The van der Waals surface area contributed by atoms with Crippen LogP contribution < -0.4 is 21.3 Å². The quantitative estimate of drug-likeness (QED) is 0.151. The van der Waals surface area contributed by atoms with E-state index in [0.29, 0.717) is 18.4 Å². The number of benzene rings is 1. The monoisotopic (exact) mass is 717 g/mol. The highest BCUT2D eigenvalue weighted by atomic mass is 16.5. The molecule has 14 heteroatoms. The van der Waals surface area contributed by atoms with E-state index in [0.717, 1.165) is 0 Å². The Morgan fingerprint density at radius 3 is 2.16 bits per heavy atom. The molecule has 5 amide bonds. The highest BCUT2D eigenvalue weighted by molar-refractivity contribution is 6.38. The van der Waals surface area contributed by atoms with Crippen LogP contribution in [0.25, 0.3) is 0 Å². The van der Waals surface area contributed by atoms with Crippen LogP contribution in [0.3, 0.4) is 0 Å². The smallest absolute Gasteiger partial charge is 0.407 e. The van der Waals surface area contributed by atoms with Gasteiger partial charge < -0.3 is 40.7 Å². The van der Waals surface area contributed by atoms with Crippen LogP contribution in [0.1, 0.15) is 99.6 Å². The first kappa shape index (κ1) is 43.1. The molecule has 0 radical (unpaired) electrons. The molecule has 0 saturated carbocycles. The topological polar surface area (TPSA) is 192 Å². The van der Waals surface area contributed by atoms with E-state index in [-0.39, 0.29) is 38.5 Å². The maximum Gasteiger partial charge on any atom is 0.407 e. The maximum atomic E-state index is 14.2. The Hall–Kier alpha value is -4.04. The molecule has 1 saturated heterocycles. The van der Waals surface area contributed by atoms with Crippen molar-refractivity contribution < 1.29 is 43.3 Å². The summed E-state index contributed by atoms with van der Waals surface area (Å²) in [4.78, 5) is 81.1. The number of amides is 5. The van der Waals surface area contributed by atoms with E-state index >= 15 is 0 Å². The zero-order chi connectivity index (χ0) is 38.5. The summed E-state index contributed by atoms with van der Waals surface area (Å²) in [5.74, 6) is -3.69. The van der Waals surface area contributed by atoms with Gasteiger partial charge in [0.1, 0.15) is 12.1 Å². The second kappa shape index (κ2) is 19.5. The Morgan fingerprint density at radius 2 is 1.61 bits per heavy atom.